The molecule has 1 heteroatoms. The standard InChI is InChI=1S/C23H22.Zr/c1-4-11-19-17(8-1)16-21-20(19)12-7-13-22(21)23(14-5-6-15-23)18-9-2-3-10-18;/h1-4,7-9,11-13H,5-6,10,14-16H2;. The van der Waals surface area contributed by atoms with Gasteiger partial charge in [-0.15, -0.1) is 0 Å². The fourth-order valence-electron chi connectivity index (χ4n) is 5.15. The minimum atomic E-state index is 0. The molecule has 0 nitrogen and oxygen atoms in total. The van der Waals surface area contributed by atoms with E-state index in [1.807, 2.05) is 0 Å². The van der Waals surface area contributed by atoms with Gasteiger partial charge in [0, 0.05) is 31.6 Å². The van der Waals surface area contributed by atoms with Crippen LogP contribution in [-0.2, 0) is 38.0 Å². The zero-order chi connectivity index (χ0) is 15.3. The molecular weight excluding hydrogens is 367 g/mol. The van der Waals surface area contributed by atoms with E-state index >= 15 is 0 Å². The summed E-state index contributed by atoms with van der Waals surface area (Å²) in [6, 6.07) is 16.0. The van der Waals surface area contributed by atoms with Crippen molar-refractivity contribution in [3.8, 4) is 11.1 Å². The molecule has 0 N–H and O–H groups in total. The Morgan fingerprint density at radius 2 is 1.62 bits per heavy atom. The van der Waals surface area contributed by atoms with Gasteiger partial charge in [0.15, 0.2) is 0 Å². The van der Waals surface area contributed by atoms with Crippen LogP contribution >= 0.6 is 0 Å². The van der Waals surface area contributed by atoms with E-state index in [1.165, 1.54) is 42.4 Å². The predicted octanol–water partition coefficient (Wildman–Crippen LogP) is 5.95. The number of benzene rings is 2. The summed E-state index contributed by atoms with van der Waals surface area (Å²) in [4.78, 5) is 0. The second-order valence-electron chi connectivity index (χ2n) is 7.28. The third kappa shape index (κ3) is 2.28. The van der Waals surface area contributed by atoms with Crippen molar-refractivity contribution in [3.63, 3.8) is 0 Å². The van der Waals surface area contributed by atoms with Crippen molar-refractivity contribution < 1.29 is 26.2 Å². The molecule has 0 amide bonds. The van der Waals surface area contributed by atoms with Gasteiger partial charge in [0.2, 0.25) is 0 Å². The summed E-state index contributed by atoms with van der Waals surface area (Å²) >= 11 is 0. The first-order valence-electron chi connectivity index (χ1n) is 8.95. The van der Waals surface area contributed by atoms with Gasteiger partial charge < -0.3 is 0 Å². The van der Waals surface area contributed by atoms with Gasteiger partial charge >= 0.3 is 0 Å². The normalized spacial score (nSPS) is 19.6. The first-order chi connectivity index (χ1) is 11.4. The minimum absolute atomic E-state index is 0. The summed E-state index contributed by atoms with van der Waals surface area (Å²) in [6.45, 7) is 0. The van der Waals surface area contributed by atoms with Gasteiger partial charge in [0.1, 0.15) is 0 Å². The maximum atomic E-state index is 2.43. The topological polar surface area (TPSA) is 0 Å². The van der Waals surface area contributed by atoms with Crippen LogP contribution in [0.3, 0.4) is 0 Å². The van der Waals surface area contributed by atoms with Crippen molar-refractivity contribution in [2.45, 2.75) is 43.9 Å². The first kappa shape index (κ1) is 16.3. The maximum Gasteiger partial charge on any atom is 0.0171 e. The third-order valence-corrected chi connectivity index (χ3v) is 6.21. The van der Waals surface area contributed by atoms with Gasteiger partial charge in [-0.05, 0) is 53.5 Å². The molecule has 0 aromatic heterocycles. The molecule has 0 spiro atoms. The van der Waals surface area contributed by atoms with Crippen molar-refractivity contribution >= 4 is 0 Å². The van der Waals surface area contributed by atoms with Crippen molar-refractivity contribution in [1.82, 2.24) is 0 Å². The van der Waals surface area contributed by atoms with Crippen LogP contribution in [0.5, 0.6) is 0 Å². The Morgan fingerprint density at radius 1 is 0.833 bits per heavy atom. The monoisotopic (exact) mass is 388 g/mol. The molecule has 1 fully saturated rings. The smallest absolute Gasteiger partial charge is 0.0171 e. The van der Waals surface area contributed by atoms with Crippen LogP contribution in [0.1, 0.15) is 48.8 Å². The van der Waals surface area contributed by atoms with Crippen LogP contribution in [-0.4, -0.2) is 0 Å². The minimum Gasteiger partial charge on any atom is -0.0804 e. The molecule has 0 saturated heterocycles. The second-order valence-corrected chi connectivity index (χ2v) is 7.28. The molecular formula is C23H22Zr. The average Bonchev–Trinajstić information content (AvgIpc) is 3.33. The molecule has 0 unspecified atom stereocenters. The Morgan fingerprint density at radius 3 is 2.42 bits per heavy atom. The van der Waals surface area contributed by atoms with E-state index in [2.05, 4.69) is 60.7 Å². The molecule has 0 radical (unpaired) electrons. The summed E-state index contributed by atoms with van der Waals surface area (Å²) in [5, 5.41) is 0. The molecule has 2 aromatic carbocycles. The molecule has 0 heterocycles. The zero-order valence-corrected chi connectivity index (χ0v) is 16.5. The Bertz CT molecular complexity index is 835. The van der Waals surface area contributed by atoms with Crippen molar-refractivity contribution in [2.75, 3.05) is 0 Å². The summed E-state index contributed by atoms with van der Waals surface area (Å²) in [5.41, 5.74) is 9.62. The number of rotatable bonds is 2. The van der Waals surface area contributed by atoms with Crippen LogP contribution in [0.4, 0.5) is 0 Å². The van der Waals surface area contributed by atoms with Gasteiger partial charge in [-0.3, -0.25) is 0 Å². The van der Waals surface area contributed by atoms with E-state index in [9.17, 15) is 0 Å². The third-order valence-electron chi connectivity index (χ3n) is 6.21. The van der Waals surface area contributed by atoms with Gasteiger partial charge in [-0.1, -0.05) is 79.1 Å². The van der Waals surface area contributed by atoms with Crippen LogP contribution in [0, 0.1) is 0 Å². The Labute approximate surface area is 163 Å². The number of fused-ring (bicyclic) bond motifs is 3. The summed E-state index contributed by atoms with van der Waals surface area (Å²) < 4.78 is 0. The van der Waals surface area contributed by atoms with E-state index < -0.39 is 0 Å². The number of hydrogen-bond acceptors (Lipinski definition) is 0. The van der Waals surface area contributed by atoms with E-state index in [1.54, 1.807) is 16.7 Å². The molecule has 2 aromatic rings. The molecule has 0 aliphatic heterocycles. The molecule has 5 rings (SSSR count). The fourth-order valence-corrected chi connectivity index (χ4v) is 5.15. The fraction of sp³-hybridized carbons (Fsp3) is 0.304. The largest absolute Gasteiger partial charge is 0.0804 e. The van der Waals surface area contributed by atoms with Crippen LogP contribution < -0.4 is 0 Å². The summed E-state index contributed by atoms with van der Waals surface area (Å²) in [6.07, 6.45) is 14.6. The molecule has 3 aliphatic rings. The van der Waals surface area contributed by atoms with Crippen LogP contribution in [0.2, 0.25) is 0 Å². The molecule has 0 bridgehead atoms. The quantitative estimate of drug-likeness (QED) is 0.508. The SMILES string of the molecule is C1=CCC(C2(c3cccc4c3Cc3ccccc3-4)CCCC2)=C1.[Zr]. The Kier molecular flexibility index (Phi) is 4.25. The molecule has 0 atom stereocenters. The Balaban J connectivity index is 0.00000146. The Hall–Kier alpha value is -1.20. The predicted molar refractivity (Wildman–Crippen MR) is 96.7 cm³/mol. The van der Waals surface area contributed by atoms with E-state index in [-0.39, 0.29) is 26.2 Å². The van der Waals surface area contributed by atoms with E-state index in [0.29, 0.717) is 5.41 Å². The number of allylic oxidation sites excluding steroid dienone is 4. The molecule has 3 aliphatic carbocycles. The zero-order valence-electron chi connectivity index (χ0n) is 14.0. The molecule has 1 saturated carbocycles. The maximum absolute atomic E-state index is 2.43. The second kappa shape index (κ2) is 6.27. The van der Waals surface area contributed by atoms with Crippen molar-refractivity contribution in [2.24, 2.45) is 0 Å². The van der Waals surface area contributed by atoms with Gasteiger partial charge in [-0.25, -0.2) is 0 Å². The van der Waals surface area contributed by atoms with Gasteiger partial charge in [0.05, 0.1) is 0 Å². The van der Waals surface area contributed by atoms with E-state index in [0.717, 1.165) is 12.8 Å². The molecule has 24 heavy (non-hydrogen) atoms. The summed E-state index contributed by atoms with van der Waals surface area (Å²) in [7, 11) is 0. The van der Waals surface area contributed by atoms with Crippen molar-refractivity contribution in [1.29, 1.82) is 0 Å². The van der Waals surface area contributed by atoms with Crippen molar-refractivity contribution in [3.05, 3.63) is 83.0 Å². The summed E-state index contributed by atoms with van der Waals surface area (Å²) in [5.74, 6) is 0. The first-order valence-corrected chi connectivity index (χ1v) is 8.95. The molecule has 118 valence electrons. The van der Waals surface area contributed by atoms with Gasteiger partial charge in [0.25, 0.3) is 0 Å². The van der Waals surface area contributed by atoms with Crippen LogP contribution in [0.25, 0.3) is 11.1 Å². The van der Waals surface area contributed by atoms with Crippen LogP contribution in [0.15, 0.2) is 66.3 Å². The average molecular weight is 390 g/mol. The van der Waals surface area contributed by atoms with Gasteiger partial charge in [-0.2, -0.15) is 0 Å². The number of hydrogen-bond donors (Lipinski definition) is 0. The van der Waals surface area contributed by atoms with E-state index in [4.69, 9.17) is 0 Å².